The molecule has 12 aromatic rings. The van der Waals surface area contributed by atoms with Gasteiger partial charge in [0, 0.05) is 66.3 Å². The second-order valence-electron chi connectivity index (χ2n) is 20.5. The maximum absolute atomic E-state index is 14.4. The van der Waals surface area contributed by atoms with Gasteiger partial charge in [0.05, 0.1) is 61.0 Å². The quantitative estimate of drug-likeness (QED) is 0.122. The van der Waals surface area contributed by atoms with E-state index in [0.29, 0.717) is 54.8 Å². The Balaban J connectivity index is 0.000000115. The van der Waals surface area contributed by atoms with Crippen LogP contribution in [0.4, 0.5) is 8.78 Å². The van der Waals surface area contributed by atoms with E-state index in [1.165, 1.54) is 34.8 Å². The summed E-state index contributed by atoms with van der Waals surface area (Å²) in [5.41, 5.74) is 9.72. The fraction of sp³-hybridized carbons (Fsp3) is 0.310. The molecule has 0 unspecified atom stereocenters. The number of nitrogens with one attached hydrogen (secondary N) is 3. The number of nitrogens with zero attached hydrogens (tertiary/aromatic N) is 13. The molecule has 19 nitrogen and oxygen atoms in total. The lowest BCUT2D eigenvalue weighted by molar-refractivity contribution is 0.162. The standard InChI is InChI=1S/C20H18N6OS.2C19H18FN5OS/c1-26-11-14-7-12(6-13(9-21)19(14)25-26)16-8-18-17(10-23-16)24-20(28-18)27-15-2-4-22-5-3-15;1-25-10-12-6-11(7-14(20)18(12)24-25)15-8-17-16(9-22-15)23-19(27-17)26-13-2-4-21-5-3-13;1-11-9-25-10-12(6-14(20)18(25)23-11)15-7-17-16(8-22-15)24-19(27-17)26-13-2-4-21-5-3-13/h6-8,10-11,15,22H,2-5H2,1H3;2*6-10,13,21H,2-5H2,1H3. The average Bonchev–Trinajstić information content (AvgIpc) is 4.55. The maximum atomic E-state index is 14.4. The van der Waals surface area contributed by atoms with Crippen LogP contribution in [0, 0.1) is 29.9 Å². The fourth-order valence-corrected chi connectivity index (χ4v) is 13.1. The largest absolute Gasteiger partial charge is 0.467 e. The number of rotatable bonds is 9. The van der Waals surface area contributed by atoms with E-state index in [1.807, 2.05) is 62.8 Å². The van der Waals surface area contributed by atoms with E-state index >= 15 is 0 Å². The molecule has 3 saturated heterocycles. The molecule has 10 aromatic heterocycles. The molecule has 24 heteroatoms. The molecule has 15 rings (SSSR count). The second-order valence-corrected chi connectivity index (χ2v) is 23.5. The molecule has 416 valence electrons. The molecule has 3 fully saturated rings. The Morgan fingerprint density at radius 3 is 1.43 bits per heavy atom. The van der Waals surface area contributed by atoms with Gasteiger partial charge in [0.2, 0.25) is 0 Å². The molecular formula is C58H54F2N16O3S3. The van der Waals surface area contributed by atoms with Crippen molar-refractivity contribution in [2.45, 2.75) is 63.8 Å². The van der Waals surface area contributed by atoms with Crippen LogP contribution in [0.5, 0.6) is 15.6 Å². The summed E-state index contributed by atoms with van der Waals surface area (Å²) >= 11 is 4.56. The molecule has 3 aliphatic rings. The van der Waals surface area contributed by atoms with Gasteiger partial charge in [0.15, 0.2) is 17.3 Å². The predicted molar refractivity (Wildman–Crippen MR) is 315 cm³/mol. The van der Waals surface area contributed by atoms with Crippen molar-refractivity contribution in [2.75, 3.05) is 39.3 Å². The van der Waals surface area contributed by atoms with E-state index in [2.05, 4.69) is 67.1 Å². The van der Waals surface area contributed by atoms with Crippen LogP contribution in [0.25, 0.3) is 91.9 Å². The number of piperidine rings is 3. The Morgan fingerprint density at radius 2 is 0.951 bits per heavy atom. The minimum Gasteiger partial charge on any atom is -0.467 e. The third kappa shape index (κ3) is 11.5. The Kier molecular flexibility index (Phi) is 14.9. The Labute approximate surface area is 480 Å². The van der Waals surface area contributed by atoms with Crippen LogP contribution in [0.15, 0.2) is 91.9 Å². The second kappa shape index (κ2) is 23.0. The molecule has 0 atom stereocenters. The molecule has 2 aromatic carbocycles. The number of pyridine rings is 4. The maximum Gasteiger partial charge on any atom is 0.274 e. The minimum absolute atomic E-state index is 0.209. The van der Waals surface area contributed by atoms with E-state index in [4.69, 9.17) is 14.2 Å². The third-order valence-corrected chi connectivity index (χ3v) is 17.2. The van der Waals surface area contributed by atoms with E-state index in [1.54, 1.807) is 63.1 Å². The lowest BCUT2D eigenvalue weighted by Crippen LogP contribution is -2.34. The zero-order valence-electron chi connectivity index (χ0n) is 44.9. The first-order valence-electron chi connectivity index (χ1n) is 27.1. The van der Waals surface area contributed by atoms with E-state index < -0.39 is 0 Å². The number of aryl methyl sites for hydroxylation is 3. The molecule has 0 bridgehead atoms. The Hall–Kier alpha value is -8.18. The number of fused-ring (bicyclic) bond motifs is 6. The van der Waals surface area contributed by atoms with Crippen molar-refractivity contribution in [1.29, 1.82) is 5.26 Å². The van der Waals surface area contributed by atoms with Crippen molar-refractivity contribution in [3.8, 4) is 55.4 Å². The summed E-state index contributed by atoms with van der Waals surface area (Å²) < 4.78 is 54.9. The van der Waals surface area contributed by atoms with Gasteiger partial charge in [0.25, 0.3) is 15.6 Å². The monoisotopic (exact) mass is 1160 g/mol. The van der Waals surface area contributed by atoms with Crippen LogP contribution in [0.2, 0.25) is 0 Å². The molecule has 3 N–H and O–H groups in total. The third-order valence-electron chi connectivity index (χ3n) is 14.5. The highest BCUT2D eigenvalue weighted by Gasteiger charge is 2.22. The van der Waals surface area contributed by atoms with Crippen molar-refractivity contribution in [3.63, 3.8) is 0 Å². The summed E-state index contributed by atoms with van der Waals surface area (Å²) in [5, 5.41) is 31.7. The zero-order chi connectivity index (χ0) is 55.8. The summed E-state index contributed by atoms with van der Waals surface area (Å²) in [7, 11) is 3.64. The molecule has 0 saturated carbocycles. The van der Waals surface area contributed by atoms with Crippen molar-refractivity contribution >= 4 is 92.1 Å². The number of ether oxygens (including phenoxy) is 3. The molecule has 3 aliphatic heterocycles. The number of benzene rings is 2. The van der Waals surface area contributed by atoms with Gasteiger partial charge in [-0.15, -0.1) is 0 Å². The summed E-state index contributed by atoms with van der Waals surface area (Å²) in [4.78, 5) is 31.4. The van der Waals surface area contributed by atoms with Gasteiger partial charge in [-0.2, -0.15) is 15.5 Å². The summed E-state index contributed by atoms with van der Waals surface area (Å²) in [5.74, 6) is -0.703. The fourth-order valence-electron chi connectivity index (χ4n) is 10.4. The van der Waals surface area contributed by atoms with Gasteiger partial charge in [-0.1, -0.05) is 34.0 Å². The first kappa shape index (κ1) is 53.1. The molecule has 0 amide bonds. The van der Waals surface area contributed by atoms with Gasteiger partial charge in [-0.05, 0) is 133 Å². The van der Waals surface area contributed by atoms with Gasteiger partial charge in [-0.25, -0.2) is 28.7 Å². The summed E-state index contributed by atoms with van der Waals surface area (Å²) in [6, 6.07) is 16.9. The van der Waals surface area contributed by atoms with Crippen LogP contribution < -0.4 is 30.2 Å². The lowest BCUT2D eigenvalue weighted by atomic mass is 10.0. The number of hydrogen-bond donors (Lipinski definition) is 3. The summed E-state index contributed by atoms with van der Waals surface area (Å²) in [6.07, 6.45) is 19.2. The first-order chi connectivity index (χ1) is 40.0. The highest BCUT2D eigenvalue weighted by atomic mass is 32.1. The molecule has 0 spiro atoms. The molecular weight excluding hydrogens is 1100 g/mol. The number of aromatic nitrogens is 12. The molecule has 0 radical (unpaired) electrons. The predicted octanol–water partition coefficient (Wildman–Crippen LogP) is 10.3. The highest BCUT2D eigenvalue weighted by molar-refractivity contribution is 7.20. The van der Waals surface area contributed by atoms with Crippen LogP contribution in [0.3, 0.4) is 0 Å². The lowest BCUT2D eigenvalue weighted by Gasteiger charge is -2.22. The smallest absolute Gasteiger partial charge is 0.274 e. The van der Waals surface area contributed by atoms with E-state index in [0.717, 1.165) is 142 Å². The van der Waals surface area contributed by atoms with Gasteiger partial charge < -0.3 is 34.6 Å². The molecule has 82 heavy (non-hydrogen) atoms. The van der Waals surface area contributed by atoms with Gasteiger partial charge >= 0.3 is 0 Å². The molecule has 13 heterocycles. The van der Waals surface area contributed by atoms with Crippen molar-refractivity contribution in [3.05, 3.63) is 115 Å². The van der Waals surface area contributed by atoms with Crippen molar-refractivity contribution < 1.29 is 23.0 Å². The van der Waals surface area contributed by atoms with Crippen molar-refractivity contribution in [2.24, 2.45) is 14.1 Å². The summed E-state index contributed by atoms with van der Waals surface area (Å²) in [6.45, 7) is 7.72. The minimum atomic E-state index is -0.360. The van der Waals surface area contributed by atoms with Crippen LogP contribution in [0.1, 0.15) is 49.8 Å². The first-order valence-corrected chi connectivity index (χ1v) is 29.5. The van der Waals surface area contributed by atoms with Crippen LogP contribution >= 0.6 is 34.0 Å². The van der Waals surface area contributed by atoms with E-state index in [-0.39, 0.29) is 29.9 Å². The number of thiazole rings is 3. The number of nitriles is 1. The Morgan fingerprint density at radius 1 is 0.524 bits per heavy atom. The van der Waals surface area contributed by atoms with Crippen LogP contribution in [-0.4, -0.2) is 116 Å². The van der Waals surface area contributed by atoms with Gasteiger partial charge in [-0.3, -0.25) is 24.3 Å². The van der Waals surface area contributed by atoms with Crippen LogP contribution in [-0.2, 0) is 14.1 Å². The highest BCUT2D eigenvalue weighted by Crippen LogP contribution is 2.36. The number of imidazole rings is 1. The van der Waals surface area contributed by atoms with Gasteiger partial charge in [0.1, 0.15) is 52.0 Å². The zero-order valence-corrected chi connectivity index (χ0v) is 47.3. The number of hydrogen-bond acceptors (Lipinski definition) is 19. The topological polar surface area (TPSA) is 218 Å². The molecule has 0 aliphatic carbocycles. The Bertz CT molecular complexity index is 4170. The normalized spacial score (nSPS) is 15.5. The van der Waals surface area contributed by atoms with Crippen molar-refractivity contribution in [1.82, 2.24) is 74.8 Å². The number of halogens is 2. The van der Waals surface area contributed by atoms with E-state index in [9.17, 15) is 14.0 Å². The SMILES string of the molecule is Cc1cn2cc(-c3cc4sc(OC5CCNCC5)nc4cn3)cc(F)c2n1.Cn1cc2cc(-c3cc4sc(OC5CCNCC5)nc4cn3)cc(C#N)c2n1.Cn1cc2cc(-c3cc4sc(OC5CCNCC5)nc4cn3)cc(F)c2n1. The average molecular weight is 1160 g/mol.